The molecule has 2 atom stereocenters. The van der Waals surface area contributed by atoms with Gasteiger partial charge in [0.15, 0.2) is 0 Å². The summed E-state index contributed by atoms with van der Waals surface area (Å²) >= 11 is 0. The van der Waals surface area contributed by atoms with Gasteiger partial charge in [0.1, 0.15) is 29.8 Å². The zero-order chi connectivity index (χ0) is 29.1. The van der Waals surface area contributed by atoms with E-state index in [1.807, 2.05) is 18.1 Å². The van der Waals surface area contributed by atoms with Gasteiger partial charge < -0.3 is 19.4 Å². The molecule has 41 heavy (non-hydrogen) atoms. The van der Waals surface area contributed by atoms with Gasteiger partial charge in [-0.2, -0.15) is 23.5 Å². The molecule has 2 aliphatic rings. The van der Waals surface area contributed by atoms with Crippen molar-refractivity contribution in [3.63, 3.8) is 0 Å². The fourth-order valence-corrected chi connectivity index (χ4v) is 5.36. The van der Waals surface area contributed by atoms with Gasteiger partial charge in [-0.05, 0) is 42.7 Å². The second-order valence-electron chi connectivity index (χ2n) is 10.2. The number of nitrogens with one attached hydrogen (secondary N) is 1. The number of hydrogen-bond donors (Lipinski definition) is 1. The molecule has 5 rings (SSSR count). The second kappa shape index (κ2) is 11.5. The third-order valence-electron chi connectivity index (χ3n) is 7.34. The van der Waals surface area contributed by atoms with Crippen molar-refractivity contribution < 1.29 is 22.7 Å². The summed E-state index contributed by atoms with van der Waals surface area (Å²) < 4.78 is 47.0. The Bertz CT molecular complexity index is 1500. The summed E-state index contributed by atoms with van der Waals surface area (Å²) in [7, 11) is 0. The molecule has 0 radical (unpaired) electrons. The molecule has 0 bridgehead atoms. The van der Waals surface area contributed by atoms with Crippen molar-refractivity contribution in [1.82, 2.24) is 20.1 Å². The number of carbonyl (C=O) groups is 1. The van der Waals surface area contributed by atoms with Crippen LogP contribution in [0.3, 0.4) is 0 Å². The van der Waals surface area contributed by atoms with Crippen LogP contribution in [0.25, 0.3) is 0 Å². The molecule has 1 N–H and O–H groups in total. The van der Waals surface area contributed by atoms with Gasteiger partial charge in [0.2, 0.25) is 0 Å². The van der Waals surface area contributed by atoms with Gasteiger partial charge >= 0.3 is 6.18 Å². The number of alkyl halides is 3. The Morgan fingerprint density at radius 1 is 1.17 bits per heavy atom. The molecule has 2 aliphatic heterocycles. The number of hydrogen-bond acceptors (Lipinski definition) is 8. The van der Waals surface area contributed by atoms with Gasteiger partial charge in [0.25, 0.3) is 11.5 Å². The lowest BCUT2D eigenvalue weighted by atomic mass is 10.1. The van der Waals surface area contributed by atoms with Crippen LogP contribution in [0.4, 0.5) is 24.7 Å². The number of pyridine rings is 1. The average molecular weight is 568 g/mol. The Balaban J connectivity index is 1.23. The van der Waals surface area contributed by atoms with Gasteiger partial charge in [-0.25, -0.2) is 10.1 Å². The van der Waals surface area contributed by atoms with Crippen LogP contribution in [0.5, 0.6) is 5.75 Å². The number of H-pyrrole nitrogens is 1. The first-order chi connectivity index (χ1) is 19.6. The topological polar surface area (TPSA) is 118 Å². The van der Waals surface area contributed by atoms with E-state index in [4.69, 9.17) is 10.00 Å². The van der Waals surface area contributed by atoms with Gasteiger partial charge in [-0.1, -0.05) is 13.0 Å². The normalized spacial score (nSPS) is 19.2. The van der Waals surface area contributed by atoms with Crippen LogP contribution in [0.1, 0.15) is 34.8 Å². The molecule has 2 fully saturated rings. The Morgan fingerprint density at radius 2 is 1.95 bits per heavy atom. The Hall–Kier alpha value is -4.60. The van der Waals surface area contributed by atoms with Crippen molar-refractivity contribution in [3.8, 4) is 11.8 Å². The van der Waals surface area contributed by atoms with E-state index < -0.39 is 23.3 Å². The van der Waals surface area contributed by atoms with Crippen LogP contribution >= 0.6 is 0 Å². The summed E-state index contributed by atoms with van der Waals surface area (Å²) in [6.07, 6.45) is -1.70. The largest absolute Gasteiger partial charge is 0.491 e. The highest BCUT2D eigenvalue weighted by molar-refractivity contribution is 5.94. The number of ether oxygens (including phenoxy) is 1. The first-order valence-electron chi connectivity index (χ1n) is 13.2. The summed E-state index contributed by atoms with van der Waals surface area (Å²) in [5.41, 5.74) is -1.89. The van der Waals surface area contributed by atoms with E-state index in [2.05, 4.69) is 15.0 Å². The van der Waals surface area contributed by atoms with E-state index in [0.717, 1.165) is 12.0 Å². The van der Waals surface area contributed by atoms with Crippen LogP contribution in [0, 0.1) is 17.2 Å². The predicted molar refractivity (Wildman–Crippen MR) is 144 cm³/mol. The molecule has 0 saturated carbocycles. The van der Waals surface area contributed by atoms with Crippen LogP contribution in [-0.4, -0.2) is 71.4 Å². The number of aromatic amines is 1. The third kappa shape index (κ3) is 6.11. The maximum absolute atomic E-state index is 13.7. The van der Waals surface area contributed by atoms with E-state index in [-0.39, 0.29) is 24.1 Å². The van der Waals surface area contributed by atoms with Crippen molar-refractivity contribution >= 4 is 17.4 Å². The summed E-state index contributed by atoms with van der Waals surface area (Å²) in [4.78, 5) is 34.9. The zero-order valence-corrected chi connectivity index (χ0v) is 22.3. The number of nitriles is 1. The van der Waals surface area contributed by atoms with E-state index in [1.54, 1.807) is 41.3 Å². The third-order valence-corrected chi connectivity index (χ3v) is 7.34. The monoisotopic (exact) mass is 567 g/mol. The molecule has 0 spiro atoms. The molecule has 2 saturated heterocycles. The molecule has 0 aliphatic carbocycles. The summed E-state index contributed by atoms with van der Waals surface area (Å²) in [6, 6.07) is 11.9. The molecule has 3 aromatic rings. The predicted octanol–water partition coefficient (Wildman–Crippen LogP) is 3.31. The SMILES string of the molecule is C[C@@H]1C[C@@H](COc2cccc(C(=O)N3CCN(c4ccc(C#N)cn4)CC3)c2)N(c2cn[nH]c(=O)c2C(F)(F)F)C1. The second-order valence-corrected chi connectivity index (χ2v) is 10.2. The number of benzene rings is 1. The molecule has 10 nitrogen and oxygen atoms in total. The van der Waals surface area contributed by atoms with Crippen molar-refractivity contribution in [2.45, 2.75) is 25.6 Å². The summed E-state index contributed by atoms with van der Waals surface area (Å²) in [6.45, 7) is 4.49. The first kappa shape index (κ1) is 27.9. The molecular formula is C28H28F3N7O3. The zero-order valence-electron chi connectivity index (χ0n) is 22.3. The van der Waals surface area contributed by atoms with Crippen molar-refractivity contribution in [2.75, 3.05) is 49.1 Å². The maximum Gasteiger partial charge on any atom is 0.423 e. The minimum absolute atomic E-state index is 0.0718. The van der Waals surface area contributed by atoms with Crippen molar-refractivity contribution in [1.29, 1.82) is 5.26 Å². The highest BCUT2D eigenvalue weighted by Gasteiger charge is 2.42. The summed E-state index contributed by atoms with van der Waals surface area (Å²) in [5.74, 6) is 1.11. The van der Waals surface area contributed by atoms with Crippen molar-refractivity contribution in [2.24, 2.45) is 5.92 Å². The number of anilines is 2. The highest BCUT2D eigenvalue weighted by atomic mass is 19.4. The molecule has 2 aromatic heterocycles. The number of nitrogens with zero attached hydrogens (tertiary/aromatic N) is 6. The van der Waals surface area contributed by atoms with Gasteiger partial charge in [-0.3, -0.25) is 9.59 Å². The lowest BCUT2D eigenvalue weighted by Crippen LogP contribution is -2.49. The van der Waals surface area contributed by atoms with Crippen LogP contribution in [0.15, 0.2) is 53.6 Å². The molecule has 4 heterocycles. The molecule has 214 valence electrons. The lowest BCUT2D eigenvalue weighted by Gasteiger charge is -2.35. The Morgan fingerprint density at radius 3 is 2.63 bits per heavy atom. The number of aromatic nitrogens is 3. The minimum Gasteiger partial charge on any atom is -0.491 e. The molecule has 1 aromatic carbocycles. The Kier molecular flexibility index (Phi) is 7.83. The quantitative estimate of drug-likeness (QED) is 0.482. The lowest BCUT2D eigenvalue weighted by molar-refractivity contribution is -0.138. The smallest absolute Gasteiger partial charge is 0.423 e. The van der Waals surface area contributed by atoms with Crippen LogP contribution in [0.2, 0.25) is 0 Å². The van der Waals surface area contributed by atoms with Gasteiger partial charge in [0, 0.05) is 44.5 Å². The number of amides is 1. The fraction of sp³-hybridized carbons (Fsp3) is 0.393. The highest BCUT2D eigenvalue weighted by Crippen LogP contribution is 2.37. The molecule has 13 heteroatoms. The Labute approximate surface area is 234 Å². The van der Waals surface area contributed by atoms with Crippen molar-refractivity contribution in [3.05, 3.63) is 75.8 Å². The van der Waals surface area contributed by atoms with Gasteiger partial charge in [-0.15, -0.1) is 0 Å². The van der Waals surface area contributed by atoms with Crippen LogP contribution in [-0.2, 0) is 6.18 Å². The standard InChI is InChI=1S/C28H28F3N7O3/c1-18-11-21(38(16-18)23-15-34-35-26(39)25(23)28(29,30)31)17-41-22-4-2-3-20(12-22)27(40)37-9-7-36(8-10-37)24-6-5-19(13-32)14-33-24/h2-6,12,14-15,18,21H,7-11,16-17H2,1H3,(H,35,39)/t18-,21+/m1/s1. The van der Waals surface area contributed by atoms with Crippen LogP contribution < -0.4 is 20.1 Å². The van der Waals surface area contributed by atoms with Gasteiger partial charge in [0.05, 0.1) is 23.5 Å². The number of rotatable bonds is 6. The molecular weight excluding hydrogens is 539 g/mol. The number of carbonyl (C=O) groups excluding carboxylic acids is 1. The summed E-state index contributed by atoms with van der Waals surface area (Å²) in [5, 5.41) is 14.4. The average Bonchev–Trinajstić information content (AvgIpc) is 3.35. The number of halogens is 3. The first-order valence-corrected chi connectivity index (χ1v) is 13.2. The molecule has 1 amide bonds. The van der Waals surface area contributed by atoms with E-state index in [1.165, 1.54) is 11.1 Å². The fourth-order valence-electron chi connectivity index (χ4n) is 5.36. The molecule has 0 unspecified atom stereocenters. The van der Waals surface area contributed by atoms with E-state index >= 15 is 0 Å². The minimum atomic E-state index is -4.83. The van der Waals surface area contributed by atoms with E-state index in [9.17, 15) is 22.8 Å². The maximum atomic E-state index is 13.7. The number of piperazine rings is 1. The van der Waals surface area contributed by atoms with E-state index in [0.29, 0.717) is 56.0 Å².